The molecule has 1 aromatic heterocycles. The molecule has 4 nitrogen and oxygen atoms in total. The molecule has 2 heterocycles. The first kappa shape index (κ1) is 12.2. The van der Waals surface area contributed by atoms with Crippen LogP contribution in [0.15, 0.2) is 41.1 Å². The number of rotatable bonds is 3. The smallest absolute Gasteiger partial charge is 0.163 e. The van der Waals surface area contributed by atoms with Gasteiger partial charge in [0, 0.05) is 19.0 Å². The maximum absolute atomic E-state index is 5.89. The fraction of sp³-hybridized carbons (Fsp3) is 0.400. The van der Waals surface area contributed by atoms with Crippen LogP contribution in [0, 0.1) is 0 Å². The minimum absolute atomic E-state index is 0.375. The van der Waals surface area contributed by atoms with E-state index in [2.05, 4.69) is 40.4 Å². The lowest BCUT2D eigenvalue weighted by Crippen LogP contribution is -2.33. The lowest BCUT2D eigenvalue weighted by Gasteiger charge is -2.31. The molecule has 1 aliphatic rings. The molecule has 0 spiro atoms. The van der Waals surface area contributed by atoms with E-state index in [1.807, 2.05) is 0 Å². The van der Waals surface area contributed by atoms with Crippen LogP contribution in [-0.2, 0) is 6.54 Å². The second-order valence-electron chi connectivity index (χ2n) is 5.21. The molecule has 0 bridgehead atoms. The van der Waals surface area contributed by atoms with Crippen molar-refractivity contribution in [1.82, 2.24) is 10.1 Å². The maximum atomic E-state index is 5.89. The molecule has 100 valence electrons. The van der Waals surface area contributed by atoms with Crippen LogP contribution < -0.4 is 5.73 Å². The van der Waals surface area contributed by atoms with Crippen LogP contribution in [0.4, 0.5) is 5.69 Å². The van der Waals surface area contributed by atoms with Crippen LogP contribution in [0.5, 0.6) is 0 Å². The van der Waals surface area contributed by atoms with Crippen LogP contribution in [0.2, 0.25) is 0 Å². The highest BCUT2D eigenvalue weighted by Crippen LogP contribution is 2.30. The second kappa shape index (κ2) is 5.45. The van der Waals surface area contributed by atoms with E-state index in [1.165, 1.54) is 12.0 Å². The third kappa shape index (κ3) is 2.79. The molecule has 4 heteroatoms. The summed E-state index contributed by atoms with van der Waals surface area (Å²) in [6, 6.07) is 10.6. The molecule has 1 atom stereocenters. The van der Waals surface area contributed by atoms with Gasteiger partial charge in [-0.2, -0.15) is 0 Å². The Labute approximate surface area is 113 Å². The number of nitrogens with zero attached hydrogens (tertiary/aromatic N) is 2. The molecule has 1 aliphatic heterocycles. The van der Waals surface area contributed by atoms with Gasteiger partial charge in [0.05, 0.1) is 11.9 Å². The Morgan fingerprint density at radius 2 is 2.16 bits per heavy atom. The Hall–Kier alpha value is -1.81. The third-order valence-electron chi connectivity index (χ3n) is 3.75. The van der Waals surface area contributed by atoms with E-state index in [0.29, 0.717) is 11.6 Å². The number of hydrogen-bond acceptors (Lipinski definition) is 4. The first-order valence-electron chi connectivity index (χ1n) is 6.79. The van der Waals surface area contributed by atoms with E-state index >= 15 is 0 Å². The molecular weight excluding hydrogens is 238 g/mol. The van der Waals surface area contributed by atoms with Crippen LogP contribution in [0.25, 0.3) is 0 Å². The summed E-state index contributed by atoms with van der Waals surface area (Å²) >= 11 is 0. The molecule has 19 heavy (non-hydrogen) atoms. The number of benzene rings is 1. The summed E-state index contributed by atoms with van der Waals surface area (Å²) in [4.78, 5) is 2.46. The summed E-state index contributed by atoms with van der Waals surface area (Å²) in [7, 11) is 0. The first-order chi connectivity index (χ1) is 9.33. The van der Waals surface area contributed by atoms with E-state index in [4.69, 9.17) is 10.3 Å². The van der Waals surface area contributed by atoms with Gasteiger partial charge in [0.2, 0.25) is 0 Å². The average molecular weight is 257 g/mol. The highest BCUT2D eigenvalue weighted by molar-refractivity contribution is 5.40. The minimum Gasteiger partial charge on any atom is -0.395 e. The average Bonchev–Trinajstić information content (AvgIpc) is 2.86. The molecule has 2 aromatic rings. The van der Waals surface area contributed by atoms with Gasteiger partial charge >= 0.3 is 0 Å². The summed E-state index contributed by atoms with van der Waals surface area (Å²) in [6.45, 7) is 3.12. The number of aromatic nitrogens is 1. The number of nitrogen functional groups attached to an aromatic ring is 1. The molecule has 3 rings (SSSR count). The van der Waals surface area contributed by atoms with Crippen molar-refractivity contribution < 1.29 is 4.52 Å². The van der Waals surface area contributed by atoms with Gasteiger partial charge in [0.25, 0.3) is 0 Å². The number of likely N-dealkylation sites (tertiary alicyclic amines) is 1. The molecule has 1 aromatic carbocycles. The molecule has 2 N–H and O–H groups in total. The zero-order chi connectivity index (χ0) is 13.1. The van der Waals surface area contributed by atoms with Crippen molar-refractivity contribution >= 4 is 5.69 Å². The van der Waals surface area contributed by atoms with E-state index in [0.717, 1.165) is 31.8 Å². The molecule has 0 saturated carbocycles. The van der Waals surface area contributed by atoms with Crippen molar-refractivity contribution in [2.24, 2.45) is 0 Å². The quantitative estimate of drug-likeness (QED) is 0.918. The van der Waals surface area contributed by atoms with Crippen LogP contribution >= 0.6 is 0 Å². The van der Waals surface area contributed by atoms with E-state index < -0.39 is 0 Å². The van der Waals surface area contributed by atoms with E-state index in [1.54, 1.807) is 6.20 Å². The molecule has 1 fully saturated rings. The highest BCUT2D eigenvalue weighted by Gasteiger charge is 2.25. The fourth-order valence-corrected chi connectivity index (χ4v) is 2.82. The topological polar surface area (TPSA) is 55.3 Å². The SMILES string of the molecule is Nc1cnoc1C1CCCN(Cc2ccccc2)C1. The predicted molar refractivity (Wildman–Crippen MR) is 74.6 cm³/mol. The number of piperidine rings is 1. The van der Waals surface area contributed by atoms with Crippen molar-refractivity contribution in [3.8, 4) is 0 Å². The summed E-state index contributed by atoms with van der Waals surface area (Å²) in [5.41, 5.74) is 7.94. The maximum Gasteiger partial charge on any atom is 0.163 e. The van der Waals surface area contributed by atoms with Gasteiger partial charge in [-0.05, 0) is 24.9 Å². The summed E-state index contributed by atoms with van der Waals surface area (Å²) < 4.78 is 5.30. The minimum atomic E-state index is 0.375. The number of anilines is 1. The zero-order valence-corrected chi connectivity index (χ0v) is 11.0. The van der Waals surface area contributed by atoms with Crippen LogP contribution in [-0.4, -0.2) is 23.1 Å². The highest BCUT2D eigenvalue weighted by atomic mass is 16.5. The van der Waals surface area contributed by atoms with Gasteiger partial charge in [-0.1, -0.05) is 35.5 Å². The van der Waals surface area contributed by atoms with Gasteiger partial charge in [-0.3, -0.25) is 4.90 Å². The normalized spacial score (nSPS) is 20.5. The Kier molecular flexibility index (Phi) is 3.51. The Morgan fingerprint density at radius 1 is 1.32 bits per heavy atom. The van der Waals surface area contributed by atoms with E-state index in [9.17, 15) is 0 Å². The van der Waals surface area contributed by atoms with Crippen molar-refractivity contribution in [3.05, 3.63) is 47.9 Å². The molecule has 1 unspecified atom stereocenters. The van der Waals surface area contributed by atoms with Crippen LogP contribution in [0.3, 0.4) is 0 Å². The van der Waals surface area contributed by atoms with Gasteiger partial charge < -0.3 is 10.3 Å². The summed E-state index contributed by atoms with van der Waals surface area (Å²) in [5.74, 6) is 1.23. The monoisotopic (exact) mass is 257 g/mol. The summed E-state index contributed by atoms with van der Waals surface area (Å²) in [5, 5.41) is 3.79. The Balaban J connectivity index is 1.67. The second-order valence-corrected chi connectivity index (χ2v) is 5.21. The first-order valence-corrected chi connectivity index (χ1v) is 6.79. The van der Waals surface area contributed by atoms with Crippen LogP contribution in [0.1, 0.15) is 30.1 Å². The number of hydrogen-bond donors (Lipinski definition) is 1. The molecule has 0 amide bonds. The van der Waals surface area contributed by atoms with Gasteiger partial charge in [-0.15, -0.1) is 0 Å². The molecule has 0 radical (unpaired) electrons. The number of nitrogens with two attached hydrogens (primary N) is 1. The molecule has 0 aliphatic carbocycles. The predicted octanol–water partition coefficient (Wildman–Crippen LogP) is 2.64. The third-order valence-corrected chi connectivity index (χ3v) is 3.75. The van der Waals surface area contributed by atoms with Gasteiger partial charge in [-0.25, -0.2) is 0 Å². The lowest BCUT2D eigenvalue weighted by molar-refractivity contribution is 0.183. The van der Waals surface area contributed by atoms with Crippen molar-refractivity contribution in [3.63, 3.8) is 0 Å². The largest absolute Gasteiger partial charge is 0.395 e. The standard InChI is InChI=1S/C15H19N3O/c16-14-9-17-19-15(14)13-7-4-8-18(11-13)10-12-5-2-1-3-6-12/h1-3,5-6,9,13H,4,7-8,10-11,16H2. The fourth-order valence-electron chi connectivity index (χ4n) is 2.82. The van der Waals surface area contributed by atoms with Gasteiger partial charge in [0.15, 0.2) is 5.76 Å². The van der Waals surface area contributed by atoms with E-state index in [-0.39, 0.29) is 0 Å². The van der Waals surface area contributed by atoms with Gasteiger partial charge in [0.1, 0.15) is 0 Å². The van der Waals surface area contributed by atoms with Crippen molar-refractivity contribution in [2.45, 2.75) is 25.3 Å². The Morgan fingerprint density at radius 3 is 2.89 bits per heavy atom. The lowest BCUT2D eigenvalue weighted by atomic mass is 9.94. The zero-order valence-electron chi connectivity index (χ0n) is 11.0. The Bertz CT molecular complexity index is 523. The summed E-state index contributed by atoms with van der Waals surface area (Å²) in [6.07, 6.45) is 3.91. The molecule has 1 saturated heterocycles. The van der Waals surface area contributed by atoms with Crippen molar-refractivity contribution in [1.29, 1.82) is 0 Å². The van der Waals surface area contributed by atoms with Crippen molar-refractivity contribution in [2.75, 3.05) is 18.8 Å². The molecular formula is C15H19N3O.